The van der Waals surface area contributed by atoms with E-state index in [1.54, 1.807) is 7.05 Å². The van der Waals surface area contributed by atoms with E-state index in [1.807, 2.05) is 0 Å². The van der Waals surface area contributed by atoms with Gasteiger partial charge in [-0.3, -0.25) is 9.36 Å². The molecular formula is C6H8N2O2S. The standard InChI is InChI=1S/C6H8N2O2S/c1-8-5(9)3-4(10-2)7-6(8)11/h3H,1-2H3,(H,7,11). The van der Waals surface area contributed by atoms with Gasteiger partial charge in [-0.1, -0.05) is 0 Å². The van der Waals surface area contributed by atoms with Crippen molar-refractivity contribution in [3.8, 4) is 5.88 Å². The molecule has 1 aromatic rings. The fourth-order valence-electron chi connectivity index (χ4n) is 0.644. The molecule has 0 spiro atoms. The molecule has 0 bridgehead atoms. The van der Waals surface area contributed by atoms with Crippen molar-refractivity contribution in [2.75, 3.05) is 7.11 Å². The number of aromatic amines is 1. The summed E-state index contributed by atoms with van der Waals surface area (Å²) in [7, 11) is 3.07. The number of methoxy groups -OCH3 is 1. The molecule has 0 aromatic carbocycles. The third-order valence-corrected chi connectivity index (χ3v) is 1.72. The fourth-order valence-corrected chi connectivity index (χ4v) is 0.835. The fraction of sp³-hybridized carbons (Fsp3) is 0.333. The van der Waals surface area contributed by atoms with Crippen LogP contribution in [0.3, 0.4) is 0 Å². The van der Waals surface area contributed by atoms with Gasteiger partial charge in [-0.15, -0.1) is 0 Å². The first kappa shape index (κ1) is 8.00. The highest BCUT2D eigenvalue weighted by Gasteiger charge is 1.95. The van der Waals surface area contributed by atoms with Crippen molar-refractivity contribution in [2.45, 2.75) is 0 Å². The van der Waals surface area contributed by atoms with Crippen molar-refractivity contribution < 1.29 is 4.74 Å². The molecule has 0 amide bonds. The SMILES string of the molecule is COc1cc(=O)n(C)c(=S)[nH]1. The molecule has 0 unspecified atom stereocenters. The van der Waals surface area contributed by atoms with Gasteiger partial charge in [0.25, 0.3) is 5.56 Å². The maximum Gasteiger partial charge on any atom is 0.257 e. The number of H-pyrrole nitrogens is 1. The molecule has 4 nitrogen and oxygen atoms in total. The van der Waals surface area contributed by atoms with Gasteiger partial charge in [0.05, 0.1) is 13.2 Å². The van der Waals surface area contributed by atoms with Gasteiger partial charge >= 0.3 is 0 Å². The van der Waals surface area contributed by atoms with Crippen molar-refractivity contribution in [2.24, 2.45) is 7.05 Å². The van der Waals surface area contributed by atoms with Crippen LogP contribution < -0.4 is 10.3 Å². The van der Waals surface area contributed by atoms with E-state index in [-0.39, 0.29) is 5.56 Å². The molecule has 1 heterocycles. The zero-order valence-corrected chi connectivity index (χ0v) is 7.07. The lowest BCUT2D eigenvalue weighted by molar-refractivity contribution is 0.393. The molecule has 1 N–H and O–H groups in total. The molecular weight excluding hydrogens is 164 g/mol. The van der Waals surface area contributed by atoms with Gasteiger partial charge in [-0.2, -0.15) is 0 Å². The zero-order valence-electron chi connectivity index (χ0n) is 6.25. The average Bonchev–Trinajstić information content (AvgIpc) is 1.99. The monoisotopic (exact) mass is 172 g/mol. The Hall–Kier alpha value is -1.10. The summed E-state index contributed by atoms with van der Waals surface area (Å²) < 4.78 is 6.48. The molecule has 0 atom stereocenters. The Kier molecular flexibility index (Phi) is 2.09. The molecule has 1 aromatic heterocycles. The van der Waals surface area contributed by atoms with E-state index in [0.29, 0.717) is 10.7 Å². The van der Waals surface area contributed by atoms with Crippen LogP contribution in [-0.4, -0.2) is 16.7 Å². The van der Waals surface area contributed by atoms with Gasteiger partial charge in [0.15, 0.2) is 10.7 Å². The third kappa shape index (κ3) is 1.48. The normalized spacial score (nSPS) is 9.64. The summed E-state index contributed by atoms with van der Waals surface area (Å²) in [5.74, 6) is 0.387. The molecule has 1 rings (SSSR count). The first-order valence-corrected chi connectivity index (χ1v) is 3.40. The van der Waals surface area contributed by atoms with Crippen molar-refractivity contribution in [3.05, 3.63) is 21.2 Å². The smallest absolute Gasteiger partial charge is 0.257 e. The van der Waals surface area contributed by atoms with E-state index in [4.69, 9.17) is 17.0 Å². The van der Waals surface area contributed by atoms with Crippen LogP contribution in [0.1, 0.15) is 0 Å². The van der Waals surface area contributed by atoms with Crippen LogP contribution in [0.2, 0.25) is 0 Å². The van der Waals surface area contributed by atoms with Gasteiger partial charge in [-0.25, -0.2) is 0 Å². The number of ether oxygens (including phenoxy) is 1. The molecule has 0 fully saturated rings. The number of hydrogen-bond acceptors (Lipinski definition) is 3. The first-order valence-electron chi connectivity index (χ1n) is 2.99. The Morgan fingerprint density at radius 2 is 2.36 bits per heavy atom. The van der Waals surface area contributed by atoms with E-state index in [2.05, 4.69) is 4.98 Å². The van der Waals surface area contributed by atoms with E-state index < -0.39 is 0 Å². The van der Waals surface area contributed by atoms with E-state index in [9.17, 15) is 4.79 Å². The van der Waals surface area contributed by atoms with Crippen molar-refractivity contribution in [3.63, 3.8) is 0 Å². The van der Waals surface area contributed by atoms with Crippen LogP contribution in [0.25, 0.3) is 0 Å². The number of aromatic nitrogens is 2. The molecule has 0 saturated carbocycles. The van der Waals surface area contributed by atoms with Gasteiger partial charge in [0.2, 0.25) is 0 Å². The van der Waals surface area contributed by atoms with Crippen LogP contribution >= 0.6 is 12.2 Å². The first-order chi connectivity index (χ1) is 5.15. The lowest BCUT2D eigenvalue weighted by Gasteiger charge is -2.00. The van der Waals surface area contributed by atoms with Crippen LogP contribution in [0.15, 0.2) is 10.9 Å². The molecule has 0 radical (unpaired) electrons. The quantitative estimate of drug-likeness (QED) is 0.626. The molecule has 5 heteroatoms. The highest BCUT2D eigenvalue weighted by atomic mass is 32.1. The van der Waals surface area contributed by atoms with Crippen LogP contribution in [0.5, 0.6) is 5.88 Å². The van der Waals surface area contributed by atoms with Crippen molar-refractivity contribution >= 4 is 12.2 Å². The summed E-state index contributed by atoms with van der Waals surface area (Å²) in [4.78, 5) is 13.7. The Bertz CT molecular complexity index is 334. The second-order valence-electron chi connectivity index (χ2n) is 2.04. The zero-order chi connectivity index (χ0) is 8.43. The minimum Gasteiger partial charge on any atom is -0.482 e. The maximum atomic E-state index is 11.0. The summed E-state index contributed by atoms with van der Waals surface area (Å²) in [6, 6.07) is 1.34. The van der Waals surface area contributed by atoms with Crippen LogP contribution in [0, 0.1) is 4.77 Å². The Morgan fingerprint density at radius 1 is 1.73 bits per heavy atom. The van der Waals surface area contributed by atoms with Crippen LogP contribution in [0.4, 0.5) is 0 Å². The Balaban J connectivity index is 3.45. The van der Waals surface area contributed by atoms with E-state index in [1.165, 1.54) is 17.7 Å². The van der Waals surface area contributed by atoms with Gasteiger partial charge in [-0.05, 0) is 12.2 Å². The van der Waals surface area contributed by atoms with Gasteiger partial charge < -0.3 is 9.72 Å². The largest absolute Gasteiger partial charge is 0.482 e. The number of nitrogens with one attached hydrogen (secondary N) is 1. The number of rotatable bonds is 1. The summed E-state index contributed by atoms with van der Waals surface area (Å²) in [6.07, 6.45) is 0. The summed E-state index contributed by atoms with van der Waals surface area (Å²) in [5.41, 5.74) is -0.175. The van der Waals surface area contributed by atoms with Crippen LogP contribution in [-0.2, 0) is 7.05 Å². The highest BCUT2D eigenvalue weighted by molar-refractivity contribution is 7.71. The second kappa shape index (κ2) is 2.87. The summed E-state index contributed by atoms with van der Waals surface area (Å²) >= 11 is 4.82. The average molecular weight is 172 g/mol. The second-order valence-corrected chi connectivity index (χ2v) is 2.43. The summed E-state index contributed by atoms with van der Waals surface area (Å²) in [6.45, 7) is 0. The molecule has 0 aliphatic heterocycles. The number of nitrogens with zero attached hydrogens (tertiary/aromatic N) is 1. The van der Waals surface area contributed by atoms with Gasteiger partial charge in [0.1, 0.15) is 0 Å². The van der Waals surface area contributed by atoms with Crippen molar-refractivity contribution in [1.82, 2.24) is 9.55 Å². The minimum absolute atomic E-state index is 0.175. The predicted octanol–water partition coefficient (Wildman–Crippen LogP) is 0.451. The summed E-state index contributed by atoms with van der Waals surface area (Å²) in [5, 5.41) is 0. The molecule has 0 saturated heterocycles. The predicted molar refractivity (Wildman–Crippen MR) is 43.4 cm³/mol. The molecule has 0 aliphatic carbocycles. The minimum atomic E-state index is -0.175. The number of hydrogen-bond donors (Lipinski definition) is 1. The lowest BCUT2D eigenvalue weighted by Crippen LogP contribution is -2.17. The Morgan fingerprint density at radius 3 is 2.82 bits per heavy atom. The van der Waals surface area contributed by atoms with E-state index in [0.717, 1.165) is 0 Å². The molecule has 0 aliphatic rings. The van der Waals surface area contributed by atoms with E-state index >= 15 is 0 Å². The third-order valence-electron chi connectivity index (χ3n) is 1.34. The molecule has 60 valence electrons. The van der Waals surface area contributed by atoms with Crippen molar-refractivity contribution in [1.29, 1.82) is 0 Å². The lowest BCUT2D eigenvalue weighted by atomic mass is 10.6. The van der Waals surface area contributed by atoms with Gasteiger partial charge in [0, 0.05) is 7.05 Å². The maximum absolute atomic E-state index is 11.0. The topological polar surface area (TPSA) is 47.0 Å². The molecule has 11 heavy (non-hydrogen) atoms. The highest BCUT2D eigenvalue weighted by Crippen LogP contribution is 1.97. The Labute approximate surface area is 68.4 Å².